The Morgan fingerprint density at radius 3 is 2.52 bits per heavy atom. The Balaban J connectivity index is 0.00000341. The molecule has 2 atom stereocenters. The Morgan fingerprint density at radius 1 is 1.13 bits per heavy atom. The van der Waals surface area contributed by atoms with Crippen LogP contribution in [0.5, 0.6) is 0 Å². The molecular weight excluding hydrogens is 435 g/mol. The lowest BCUT2D eigenvalue weighted by molar-refractivity contribution is -0.155. The van der Waals surface area contributed by atoms with Gasteiger partial charge in [0.25, 0.3) is 0 Å². The number of halogens is 4. The number of hydrogen-bond donors (Lipinski definition) is 1. The Morgan fingerprint density at radius 2 is 1.81 bits per heavy atom. The molecule has 6 nitrogen and oxygen atoms in total. The number of hydrazone groups is 1. The molecule has 0 saturated carbocycles. The summed E-state index contributed by atoms with van der Waals surface area (Å²) in [5.74, 6) is -4.61. The zero-order valence-corrected chi connectivity index (χ0v) is 17.2. The molecule has 0 fully saturated rings. The summed E-state index contributed by atoms with van der Waals surface area (Å²) >= 11 is 0. The molecule has 2 N–H and O–H groups in total. The Bertz CT molecular complexity index is 960. The number of amides is 1. The monoisotopic (exact) mass is 455 g/mol. The topological polar surface area (TPSA) is 85.0 Å². The average molecular weight is 456 g/mol. The van der Waals surface area contributed by atoms with Crippen molar-refractivity contribution >= 4 is 30.5 Å². The van der Waals surface area contributed by atoms with Gasteiger partial charge in [0.05, 0.1) is 0 Å². The van der Waals surface area contributed by atoms with Crippen LogP contribution in [0.4, 0.5) is 13.2 Å². The number of rotatable bonds is 7. The van der Waals surface area contributed by atoms with Crippen molar-refractivity contribution in [2.45, 2.75) is 38.0 Å². The van der Waals surface area contributed by atoms with Crippen LogP contribution in [0.15, 0.2) is 47.6 Å². The fourth-order valence-electron chi connectivity index (χ4n) is 3.07. The third-order valence-corrected chi connectivity index (χ3v) is 4.59. The SMILES string of the molecule is Cl.N[C@@H](CC(=O)N1N=CCC1C(=O)OCc1ccccc1)Cc1cc(F)c(F)cc1F. The number of hydrogen-bond acceptors (Lipinski definition) is 5. The van der Waals surface area contributed by atoms with Gasteiger partial charge < -0.3 is 10.5 Å². The Hall–Kier alpha value is -2.91. The van der Waals surface area contributed by atoms with Gasteiger partial charge in [0.2, 0.25) is 5.91 Å². The van der Waals surface area contributed by atoms with Crippen molar-refractivity contribution in [2.75, 3.05) is 0 Å². The van der Waals surface area contributed by atoms with Crippen molar-refractivity contribution in [3.8, 4) is 0 Å². The second kappa shape index (κ2) is 10.9. The van der Waals surface area contributed by atoms with E-state index in [-0.39, 0.29) is 43.8 Å². The molecular formula is C21H21ClF3N3O3. The number of carbonyl (C=O) groups excluding carboxylic acids is 2. The molecule has 0 aromatic heterocycles. The number of carbonyl (C=O) groups is 2. The smallest absolute Gasteiger partial charge is 0.331 e. The molecule has 2 aromatic carbocycles. The lowest BCUT2D eigenvalue weighted by atomic mass is 10.0. The second-order valence-corrected chi connectivity index (χ2v) is 6.91. The molecule has 0 saturated heterocycles. The maximum Gasteiger partial charge on any atom is 0.331 e. The average Bonchev–Trinajstić information content (AvgIpc) is 3.21. The molecule has 0 aliphatic carbocycles. The fraction of sp³-hybridized carbons (Fsp3) is 0.286. The van der Waals surface area contributed by atoms with Gasteiger partial charge in [-0.25, -0.2) is 23.0 Å². The van der Waals surface area contributed by atoms with Crippen LogP contribution in [-0.2, 0) is 27.4 Å². The molecule has 1 unspecified atom stereocenters. The van der Waals surface area contributed by atoms with Crippen LogP contribution in [0.3, 0.4) is 0 Å². The number of nitrogens with zero attached hydrogens (tertiary/aromatic N) is 2. The summed E-state index contributed by atoms with van der Waals surface area (Å²) in [5, 5.41) is 4.91. The predicted molar refractivity (Wildman–Crippen MR) is 110 cm³/mol. The summed E-state index contributed by atoms with van der Waals surface area (Å²) in [7, 11) is 0. The van der Waals surface area contributed by atoms with Crippen LogP contribution in [0.2, 0.25) is 0 Å². The van der Waals surface area contributed by atoms with Crippen molar-refractivity contribution in [2.24, 2.45) is 10.8 Å². The fourth-order valence-corrected chi connectivity index (χ4v) is 3.07. The third-order valence-electron chi connectivity index (χ3n) is 4.59. The minimum atomic E-state index is -1.30. The van der Waals surface area contributed by atoms with Gasteiger partial charge in [0, 0.05) is 31.2 Å². The van der Waals surface area contributed by atoms with E-state index in [4.69, 9.17) is 10.5 Å². The van der Waals surface area contributed by atoms with Gasteiger partial charge in [-0.05, 0) is 23.6 Å². The van der Waals surface area contributed by atoms with Crippen molar-refractivity contribution < 1.29 is 27.5 Å². The number of ether oxygens (including phenoxy) is 1. The number of esters is 1. The Kier molecular flexibility index (Phi) is 8.58. The summed E-state index contributed by atoms with van der Waals surface area (Å²) in [6.07, 6.45) is 1.17. The molecule has 3 rings (SSSR count). The van der Waals surface area contributed by atoms with Crippen LogP contribution < -0.4 is 5.73 Å². The van der Waals surface area contributed by atoms with Gasteiger partial charge in [0.1, 0.15) is 12.4 Å². The molecule has 1 aliphatic heterocycles. The zero-order valence-electron chi connectivity index (χ0n) is 16.3. The highest BCUT2D eigenvalue weighted by Gasteiger charge is 2.34. The van der Waals surface area contributed by atoms with Gasteiger partial charge in [-0.3, -0.25) is 4.79 Å². The lowest BCUT2D eigenvalue weighted by Gasteiger charge is -2.22. The van der Waals surface area contributed by atoms with Gasteiger partial charge in [-0.15, -0.1) is 12.4 Å². The molecule has 0 spiro atoms. The highest BCUT2D eigenvalue weighted by molar-refractivity contribution is 5.89. The number of nitrogens with two attached hydrogens (primary N) is 1. The summed E-state index contributed by atoms with van der Waals surface area (Å²) in [6, 6.07) is 8.43. The largest absolute Gasteiger partial charge is 0.459 e. The van der Waals surface area contributed by atoms with Gasteiger partial charge in [0.15, 0.2) is 17.7 Å². The van der Waals surface area contributed by atoms with E-state index < -0.39 is 41.4 Å². The van der Waals surface area contributed by atoms with E-state index in [0.717, 1.165) is 10.6 Å². The maximum absolute atomic E-state index is 13.8. The second-order valence-electron chi connectivity index (χ2n) is 6.91. The first-order valence-electron chi connectivity index (χ1n) is 9.29. The van der Waals surface area contributed by atoms with Crippen molar-refractivity contribution in [3.05, 3.63) is 71.0 Å². The normalized spacial score (nSPS) is 16.0. The van der Waals surface area contributed by atoms with Crippen LogP contribution in [0, 0.1) is 17.5 Å². The van der Waals surface area contributed by atoms with E-state index in [2.05, 4.69) is 5.10 Å². The highest BCUT2D eigenvalue weighted by Crippen LogP contribution is 2.19. The van der Waals surface area contributed by atoms with Crippen molar-refractivity contribution in [1.29, 1.82) is 0 Å². The molecule has 0 bridgehead atoms. The standard InChI is InChI=1S/C21H20F3N3O3.ClH/c22-16-11-18(24)17(23)9-14(16)8-15(25)10-20(28)27-19(6-7-26-27)21(29)30-12-13-4-2-1-3-5-13;/h1-5,7,9,11,15,19H,6,8,10,12,25H2;1H/t15-,19?;/m1./s1. The first-order valence-corrected chi connectivity index (χ1v) is 9.29. The molecule has 2 aromatic rings. The molecule has 31 heavy (non-hydrogen) atoms. The molecule has 1 heterocycles. The lowest BCUT2D eigenvalue weighted by Crippen LogP contribution is -2.42. The molecule has 10 heteroatoms. The van der Waals surface area contributed by atoms with Crippen molar-refractivity contribution in [1.82, 2.24) is 5.01 Å². The summed E-state index contributed by atoms with van der Waals surface area (Å²) in [4.78, 5) is 24.9. The molecule has 166 valence electrons. The predicted octanol–water partition coefficient (Wildman–Crippen LogP) is 3.12. The molecule has 1 aliphatic rings. The zero-order chi connectivity index (χ0) is 21.7. The minimum absolute atomic E-state index is 0. The minimum Gasteiger partial charge on any atom is -0.459 e. The van der Waals surface area contributed by atoms with E-state index in [1.807, 2.05) is 18.2 Å². The molecule has 1 amide bonds. The van der Waals surface area contributed by atoms with Gasteiger partial charge in [-0.2, -0.15) is 5.10 Å². The van der Waals surface area contributed by atoms with Crippen LogP contribution >= 0.6 is 12.4 Å². The quantitative estimate of drug-likeness (QED) is 0.513. The van der Waals surface area contributed by atoms with E-state index in [1.54, 1.807) is 12.1 Å². The van der Waals surface area contributed by atoms with Gasteiger partial charge >= 0.3 is 5.97 Å². The summed E-state index contributed by atoms with van der Waals surface area (Å²) < 4.78 is 45.4. The summed E-state index contributed by atoms with van der Waals surface area (Å²) in [6.45, 7) is 0.0626. The van der Waals surface area contributed by atoms with E-state index in [1.165, 1.54) is 6.21 Å². The van der Waals surface area contributed by atoms with E-state index in [0.29, 0.717) is 12.1 Å². The van der Waals surface area contributed by atoms with Crippen LogP contribution in [-0.4, -0.2) is 35.2 Å². The van der Waals surface area contributed by atoms with Crippen LogP contribution in [0.1, 0.15) is 24.0 Å². The van der Waals surface area contributed by atoms with E-state index in [9.17, 15) is 22.8 Å². The number of benzene rings is 2. The highest BCUT2D eigenvalue weighted by atomic mass is 35.5. The first kappa shape index (κ1) is 24.4. The third kappa shape index (κ3) is 6.28. The summed E-state index contributed by atoms with van der Waals surface area (Å²) in [5.41, 5.74) is 6.55. The first-order chi connectivity index (χ1) is 14.3. The molecule has 0 radical (unpaired) electrons. The van der Waals surface area contributed by atoms with E-state index >= 15 is 0 Å². The van der Waals surface area contributed by atoms with Crippen LogP contribution in [0.25, 0.3) is 0 Å². The van der Waals surface area contributed by atoms with Crippen molar-refractivity contribution in [3.63, 3.8) is 0 Å². The Labute approximate surface area is 183 Å². The van der Waals surface area contributed by atoms with Gasteiger partial charge in [-0.1, -0.05) is 30.3 Å². The maximum atomic E-state index is 13.8.